The van der Waals surface area contributed by atoms with E-state index in [9.17, 15) is 4.39 Å². The highest BCUT2D eigenvalue weighted by Crippen LogP contribution is 2.26. The number of nitrogens with zero attached hydrogens (tertiary/aromatic N) is 1. The number of nitrogen functional groups attached to an aromatic ring is 1. The zero-order valence-corrected chi connectivity index (χ0v) is 12.5. The Kier molecular flexibility index (Phi) is 4.62. The molecule has 0 atom stereocenters. The van der Waals surface area contributed by atoms with E-state index in [4.69, 9.17) is 10.5 Å². The van der Waals surface area contributed by atoms with E-state index in [1.807, 2.05) is 26.8 Å². The van der Waals surface area contributed by atoms with Crippen molar-refractivity contribution in [1.82, 2.24) is 4.98 Å². The van der Waals surface area contributed by atoms with Crippen LogP contribution >= 0.6 is 0 Å². The molecule has 0 aliphatic heterocycles. The van der Waals surface area contributed by atoms with E-state index in [1.54, 1.807) is 18.2 Å². The molecule has 0 fully saturated rings. The molecular weight excluding hydrogens is 269 g/mol. The number of nitrogens with two attached hydrogens (primary N) is 1. The molecule has 5 heteroatoms. The topological polar surface area (TPSA) is 60.2 Å². The van der Waals surface area contributed by atoms with Crippen molar-refractivity contribution in [2.75, 3.05) is 17.7 Å². The second-order valence-corrected chi connectivity index (χ2v) is 5.35. The first-order valence-electron chi connectivity index (χ1n) is 6.89. The highest BCUT2D eigenvalue weighted by molar-refractivity contribution is 5.63. The Morgan fingerprint density at radius 2 is 2.05 bits per heavy atom. The lowest BCUT2D eigenvalue weighted by Gasteiger charge is -2.13. The Morgan fingerprint density at radius 1 is 1.29 bits per heavy atom. The fourth-order valence-corrected chi connectivity index (χ4v) is 1.80. The number of halogens is 1. The largest absolute Gasteiger partial charge is 0.476 e. The summed E-state index contributed by atoms with van der Waals surface area (Å²) in [6.07, 6.45) is 0. The average Bonchev–Trinajstić information content (AvgIpc) is 2.43. The van der Waals surface area contributed by atoms with Crippen LogP contribution in [0.25, 0.3) is 0 Å². The smallest absolute Gasteiger partial charge is 0.239 e. The van der Waals surface area contributed by atoms with Crippen LogP contribution in [-0.4, -0.2) is 11.6 Å². The molecular formula is C16H20FN3O. The van der Waals surface area contributed by atoms with Crippen molar-refractivity contribution in [1.29, 1.82) is 0 Å². The molecule has 1 aromatic carbocycles. The fraction of sp³-hybridized carbons (Fsp3) is 0.312. The van der Waals surface area contributed by atoms with Gasteiger partial charge in [-0.15, -0.1) is 0 Å². The number of hydrogen-bond donors (Lipinski definition) is 2. The number of aromatic nitrogens is 1. The van der Waals surface area contributed by atoms with Gasteiger partial charge in [0.05, 0.1) is 18.0 Å². The number of hydrogen-bond acceptors (Lipinski definition) is 4. The molecule has 0 aliphatic rings. The maximum absolute atomic E-state index is 13.8. The van der Waals surface area contributed by atoms with E-state index in [2.05, 4.69) is 10.3 Å². The van der Waals surface area contributed by atoms with Gasteiger partial charge in [0.25, 0.3) is 0 Å². The van der Waals surface area contributed by atoms with Crippen LogP contribution in [0.2, 0.25) is 0 Å². The first-order valence-corrected chi connectivity index (χ1v) is 6.89. The summed E-state index contributed by atoms with van der Waals surface area (Å²) >= 11 is 0. The summed E-state index contributed by atoms with van der Waals surface area (Å²) in [5.74, 6) is 0.911. The molecule has 0 radical (unpaired) electrons. The van der Waals surface area contributed by atoms with Gasteiger partial charge in [-0.1, -0.05) is 26.0 Å². The van der Waals surface area contributed by atoms with Gasteiger partial charge < -0.3 is 15.8 Å². The van der Waals surface area contributed by atoms with Gasteiger partial charge in [0.15, 0.2) is 0 Å². The summed E-state index contributed by atoms with van der Waals surface area (Å²) in [6, 6.07) is 8.30. The number of benzene rings is 1. The molecule has 21 heavy (non-hydrogen) atoms. The van der Waals surface area contributed by atoms with E-state index in [0.717, 1.165) is 5.56 Å². The number of nitrogens with one attached hydrogen (secondary N) is 1. The summed E-state index contributed by atoms with van der Waals surface area (Å²) in [7, 11) is 0. The lowest BCUT2D eigenvalue weighted by molar-refractivity contribution is 0.263. The molecule has 1 aromatic heterocycles. The van der Waals surface area contributed by atoms with E-state index in [-0.39, 0.29) is 5.82 Å². The van der Waals surface area contributed by atoms with Crippen LogP contribution in [0.3, 0.4) is 0 Å². The van der Waals surface area contributed by atoms with Crippen LogP contribution in [0.1, 0.15) is 19.4 Å². The van der Waals surface area contributed by atoms with Crippen molar-refractivity contribution < 1.29 is 9.13 Å². The number of pyridine rings is 1. The van der Waals surface area contributed by atoms with Crippen LogP contribution in [0.15, 0.2) is 30.3 Å². The first-order chi connectivity index (χ1) is 9.97. The van der Waals surface area contributed by atoms with Gasteiger partial charge in [-0.05, 0) is 36.6 Å². The summed E-state index contributed by atoms with van der Waals surface area (Å²) in [5, 5.41) is 2.97. The molecule has 0 saturated heterocycles. The van der Waals surface area contributed by atoms with Gasteiger partial charge in [0.1, 0.15) is 11.6 Å². The number of anilines is 3. The lowest BCUT2D eigenvalue weighted by atomic mass is 10.2. The van der Waals surface area contributed by atoms with Gasteiger partial charge in [-0.25, -0.2) is 4.39 Å². The molecule has 3 N–H and O–H groups in total. The average molecular weight is 289 g/mol. The minimum atomic E-state index is -0.321. The van der Waals surface area contributed by atoms with E-state index in [1.165, 1.54) is 6.07 Å². The third kappa shape index (κ3) is 3.84. The van der Waals surface area contributed by atoms with Crippen molar-refractivity contribution in [3.63, 3.8) is 0 Å². The molecule has 4 nitrogen and oxygen atoms in total. The second kappa shape index (κ2) is 6.43. The van der Waals surface area contributed by atoms with Gasteiger partial charge in [0.2, 0.25) is 5.88 Å². The molecule has 0 aliphatic carbocycles. The molecule has 0 unspecified atom stereocenters. The number of aryl methyl sites for hydroxylation is 1. The number of para-hydroxylation sites is 1. The van der Waals surface area contributed by atoms with Crippen LogP contribution in [0, 0.1) is 18.7 Å². The lowest BCUT2D eigenvalue weighted by Crippen LogP contribution is -2.08. The maximum atomic E-state index is 13.8. The highest BCUT2D eigenvalue weighted by atomic mass is 19.1. The molecule has 2 aromatic rings. The molecule has 1 heterocycles. The van der Waals surface area contributed by atoms with Crippen LogP contribution < -0.4 is 15.8 Å². The van der Waals surface area contributed by atoms with Gasteiger partial charge in [-0.3, -0.25) is 0 Å². The maximum Gasteiger partial charge on any atom is 0.239 e. The SMILES string of the molecule is Cc1cccc(F)c1Nc1ccc(N)c(OCC(C)C)n1. The Morgan fingerprint density at radius 3 is 2.71 bits per heavy atom. The zero-order valence-electron chi connectivity index (χ0n) is 12.5. The molecule has 2 rings (SSSR count). The predicted octanol–water partition coefficient (Wildman–Crippen LogP) is 3.89. The summed E-state index contributed by atoms with van der Waals surface area (Å²) < 4.78 is 19.4. The quantitative estimate of drug-likeness (QED) is 0.876. The molecule has 0 saturated carbocycles. The van der Waals surface area contributed by atoms with Crippen LogP contribution in [0.4, 0.5) is 21.6 Å². The van der Waals surface area contributed by atoms with Gasteiger partial charge >= 0.3 is 0 Å². The minimum Gasteiger partial charge on any atom is -0.476 e. The zero-order chi connectivity index (χ0) is 15.4. The second-order valence-electron chi connectivity index (χ2n) is 5.35. The van der Waals surface area contributed by atoms with E-state index < -0.39 is 0 Å². The summed E-state index contributed by atoms with van der Waals surface area (Å²) in [6.45, 7) is 6.44. The minimum absolute atomic E-state index is 0.321. The van der Waals surface area contributed by atoms with Crippen molar-refractivity contribution in [3.8, 4) is 5.88 Å². The number of rotatable bonds is 5. The third-order valence-electron chi connectivity index (χ3n) is 2.92. The third-order valence-corrected chi connectivity index (χ3v) is 2.92. The van der Waals surface area contributed by atoms with Crippen molar-refractivity contribution in [2.24, 2.45) is 5.92 Å². The normalized spacial score (nSPS) is 10.7. The Balaban J connectivity index is 2.23. The predicted molar refractivity (Wildman–Crippen MR) is 83.4 cm³/mol. The number of ether oxygens (including phenoxy) is 1. The molecule has 0 amide bonds. The molecule has 0 spiro atoms. The molecule has 0 bridgehead atoms. The van der Waals surface area contributed by atoms with Crippen molar-refractivity contribution in [2.45, 2.75) is 20.8 Å². The first kappa shape index (κ1) is 15.1. The Bertz CT molecular complexity index is 609. The standard InChI is InChI=1S/C16H20FN3O/c1-10(2)9-21-16-13(18)7-8-14(20-16)19-15-11(3)5-4-6-12(15)17/h4-8,10H,9,18H2,1-3H3,(H,19,20). The highest BCUT2D eigenvalue weighted by Gasteiger charge is 2.09. The van der Waals surface area contributed by atoms with Crippen LogP contribution in [0.5, 0.6) is 5.88 Å². The van der Waals surface area contributed by atoms with Gasteiger partial charge in [0, 0.05) is 0 Å². The fourth-order valence-electron chi connectivity index (χ4n) is 1.80. The summed E-state index contributed by atoms with van der Waals surface area (Å²) in [5.41, 5.74) is 7.51. The Labute approximate surface area is 124 Å². The van der Waals surface area contributed by atoms with Crippen LogP contribution in [-0.2, 0) is 0 Å². The van der Waals surface area contributed by atoms with E-state index >= 15 is 0 Å². The van der Waals surface area contributed by atoms with Crippen molar-refractivity contribution in [3.05, 3.63) is 41.7 Å². The van der Waals surface area contributed by atoms with Gasteiger partial charge in [-0.2, -0.15) is 4.98 Å². The Hall–Kier alpha value is -2.30. The monoisotopic (exact) mass is 289 g/mol. The summed E-state index contributed by atoms with van der Waals surface area (Å²) in [4.78, 5) is 4.30. The van der Waals surface area contributed by atoms with E-state index in [0.29, 0.717) is 35.6 Å². The van der Waals surface area contributed by atoms with Crippen molar-refractivity contribution >= 4 is 17.2 Å². The molecule has 112 valence electrons.